The Bertz CT molecular complexity index is 671. The van der Waals surface area contributed by atoms with Crippen molar-refractivity contribution in [3.8, 4) is 5.75 Å². The summed E-state index contributed by atoms with van der Waals surface area (Å²) in [5.41, 5.74) is 7.83. The molecule has 0 aromatic heterocycles. The highest BCUT2D eigenvalue weighted by Crippen LogP contribution is 2.26. The molecule has 0 unspecified atom stereocenters. The lowest BCUT2D eigenvalue weighted by Crippen LogP contribution is -2.09. The molecule has 2 aromatic carbocycles. The van der Waals surface area contributed by atoms with E-state index in [0.717, 1.165) is 5.56 Å². The van der Waals surface area contributed by atoms with E-state index in [1.165, 1.54) is 19.2 Å². The van der Waals surface area contributed by atoms with Crippen LogP contribution in [0, 0.1) is 12.7 Å². The molecule has 2 N–H and O–H groups in total. The smallest absolute Gasteiger partial charge is 0.343 e. The fourth-order valence-corrected chi connectivity index (χ4v) is 1.94. The van der Waals surface area contributed by atoms with Gasteiger partial charge in [-0.05, 0) is 42.3 Å². The van der Waals surface area contributed by atoms with E-state index in [0.29, 0.717) is 11.3 Å². The molecule has 2 aromatic rings. The van der Waals surface area contributed by atoms with Gasteiger partial charge in [-0.1, -0.05) is 12.1 Å². The van der Waals surface area contributed by atoms with E-state index in [4.69, 9.17) is 15.2 Å². The largest absolute Gasteiger partial charge is 0.488 e. The third-order valence-corrected chi connectivity index (χ3v) is 3.14. The van der Waals surface area contributed by atoms with E-state index in [9.17, 15) is 9.18 Å². The number of nitrogen functional groups attached to an aromatic ring is 1. The van der Waals surface area contributed by atoms with E-state index in [-0.39, 0.29) is 23.7 Å². The highest BCUT2D eigenvalue weighted by atomic mass is 19.1. The Morgan fingerprint density at radius 2 is 2.05 bits per heavy atom. The van der Waals surface area contributed by atoms with Gasteiger partial charge >= 0.3 is 5.97 Å². The van der Waals surface area contributed by atoms with E-state index in [2.05, 4.69) is 0 Å². The molecule has 0 radical (unpaired) electrons. The lowest BCUT2D eigenvalue weighted by molar-refractivity contribution is 0.0597. The van der Waals surface area contributed by atoms with Crippen LogP contribution >= 0.6 is 0 Å². The van der Waals surface area contributed by atoms with Crippen molar-refractivity contribution in [3.63, 3.8) is 0 Å². The average Bonchev–Trinajstić information content (AvgIpc) is 2.47. The van der Waals surface area contributed by atoms with E-state index < -0.39 is 5.97 Å². The van der Waals surface area contributed by atoms with Crippen LogP contribution < -0.4 is 10.5 Å². The molecule has 0 heterocycles. The lowest BCUT2D eigenvalue weighted by atomic mass is 10.1. The molecule has 0 amide bonds. The van der Waals surface area contributed by atoms with Gasteiger partial charge < -0.3 is 15.2 Å². The number of hydrogen-bond donors (Lipinski definition) is 1. The second-order valence-electron chi connectivity index (χ2n) is 4.57. The van der Waals surface area contributed by atoms with Crippen molar-refractivity contribution in [3.05, 3.63) is 58.9 Å². The first-order valence-corrected chi connectivity index (χ1v) is 6.37. The molecular formula is C16H16FNO3. The molecule has 4 nitrogen and oxygen atoms in total. The van der Waals surface area contributed by atoms with Crippen molar-refractivity contribution in [2.75, 3.05) is 12.8 Å². The van der Waals surface area contributed by atoms with Gasteiger partial charge in [0.2, 0.25) is 0 Å². The van der Waals surface area contributed by atoms with Crippen LogP contribution in [0.4, 0.5) is 10.1 Å². The van der Waals surface area contributed by atoms with Gasteiger partial charge in [0.05, 0.1) is 7.11 Å². The van der Waals surface area contributed by atoms with Crippen LogP contribution in [0.2, 0.25) is 0 Å². The molecule has 0 bridgehead atoms. The normalized spacial score (nSPS) is 10.2. The summed E-state index contributed by atoms with van der Waals surface area (Å²) in [6.45, 7) is 2.00. The standard InChI is InChI=1S/C16H16FNO3/c1-10-6-7-12(17)8-11(10)9-21-14-5-3-4-13(18)15(14)16(19)20-2/h3-8H,9,18H2,1-2H3. The summed E-state index contributed by atoms with van der Waals surface area (Å²) < 4.78 is 23.6. The van der Waals surface area contributed by atoms with Crippen molar-refractivity contribution in [2.45, 2.75) is 13.5 Å². The van der Waals surface area contributed by atoms with Gasteiger partial charge in [-0.15, -0.1) is 0 Å². The molecule has 0 atom stereocenters. The number of rotatable bonds is 4. The molecular weight excluding hydrogens is 273 g/mol. The van der Waals surface area contributed by atoms with Crippen LogP contribution in [-0.4, -0.2) is 13.1 Å². The second kappa shape index (κ2) is 6.26. The third-order valence-electron chi connectivity index (χ3n) is 3.14. The molecule has 5 heteroatoms. The average molecular weight is 289 g/mol. The first-order valence-electron chi connectivity index (χ1n) is 6.37. The predicted octanol–water partition coefficient (Wildman–Crippen LogP) is 3.08. The zero-order valence-corrected chi connectivity index (χ0v) is 11.9. The summed E-state index contributed by atoms with van der Waals surface area (Å²) >= 11 is 0. The minimum absolute atomic E-state index is 0.136. The molecule has 0 aliphatic heterocycles. The molecule has 110 valence electrons. The number of carbonyl (C=O) groups excluding carboxylic acids is 1. The fourth-order valence-electron chi connectivity index (χ4n) is 1.94. The van der Waals surface area contributed by atoms with Crippen LogP contribution in [0.25, 0.3) is 0 Å². The molecule has 0 aliphatic rings. The second-order valence-corrected chi connectivity index (χ2v) is 4.57. The first-order chi connectivity index (χ1) is 10.0. The number of carbonyl (C=O) groups is 1. The Hall–Kier alpha value is -2.56. The third kappa shape index (κ3) is 3.31. The van der Waals surface area contributed by atoms with Gasteiger partial charge in [0, 0.05) is 5.69 Å². The molecule has 0 spiro atoms. The van der Waals surface area contributed by atoms with Crippen LogP contribution in [-0.2, 0) is 11.3 Å². The van der Waals surface area contributed by atoms with Gasteiger partial charge in [0.15, 0.2) is 0 Å². The monoisotopic (exact) mass is 289 g/mol. The Morgan fingerprint density at radius 3 is 2.76 bits per heavy atom. The highest BCUT2D eigenvalue weighted by Gasteiger charge is 2.17. The fraction of sp³-hybridized carbons (Fsp3) is 0.188. The number of hydrogen-bond acceptors (Lipinski definition) is 4. The predicted molar refractivity (Wildman–Crippen MR) is 77.7 cm³/mol. The quantitative estimate of drug-likeness (QED) is 0.694. The topological polar surface area (TPSA) is 61.5 Å². The van der Waals surface area contributed by atoms with Crippen molar-refractivity contribution in [1.29, 1.82) is 0 Å². The van der Waals surface area contributed by atoms with Crippen LogP contribution in [0.3, 0.4) is 0 Å². The molecule has 21 heavy (non-hydrogen) atoms. The minimum Gasteiger partial charge on any atom is -0.488 e. The summed E-state index contributed by atoms with van der Waals surface area (Å²) in [4.78, 5) is 11.7. The Balaban J connectivity index is 2.26. The number of anilines is 1. The summed E-state index contributed by atoms with van der Waals surface area (Å²) in [5.74, 6) is -0.593. The molecule has 0 saturated carbocycles. The molecule has 2 rings (SSSR count). The van der Waals surface area contributed by atoms with E-state index >= 15 is 0 Å². The zero-order chi connectivity index (χ0) is 15.4. The number of ether oxygens (including phenoxy) is 2. The van der Waals surface area contributed by atoms with Gasteiger partial charge in [0.1, 0.15) is 23.7 Å². The summed E-state index contributed by atoms with van der Waals surface area (Å²) in [6, 6.07) is 9.35. The molecule has 0 fully saturated rings. The lowest BCUT2D eigenvalue weighted by Gasteiger charge is -2.13. The first kappa shape index (κ1) is 14.8. The van der Waals surface area contributed by atoms with Gasteiger partial charge in [-0.3, -0.25) is 0 Å². The number of esters is 1. The Labute approximate surface area is 122 Å². The number of halogens is 1. The summed E-state index contributed by atoms with van der Waals surface area (Å²) in [7, 11) is 1.27. The van der Waals surface area contributed by atoms with Gasteiger partial charge in [-0.25, -0.2) is 9.18 Å². The van der Waals surface area contributed by atoms with Crippen LogP contribution in [0.1, 0.15) is 21.5 Å². The molecule has 0 saturated heterocycles. The number of nitrogens with two attached hydrogens (primary N) is 1. The number of benzene rings is 2. The summed E-state index contributed by atoms with van der Waals surface area (Å²) in [6.07, 6.45) is 0. The number of aryl methyl sites for hydroxylation is 1. The summed E-state index contributed by atoms with van der Waals surface area (Å²) in [5, 5.41) is 0. The van der Waals surface area contributed by atoms with E-state index in [1.807, 2.05) is 6.92 Å². The Kier molecular flexibility index (Phi) is 4.42. The maximum absolute atomic E-state index is 13.2. The SMILES string of the molecule is COC(=O)c1c(N)cccc1OCc1cc(F)ccc1C. The Morgan fingerprint density at radius 1 is 1.29 bits per heavy atom. The zero-order valence-electron chi connectivity index (χ0n) is 11.9. The maximum atomic E-state index is 13.2. The minimum atomic E-state index is -0.570. The number of methoxy groups -OCH3 is 1. The van der Waals surface area contributed by atoms with Crippen molar-refractivity contribution < 1.29 is 18.7 Å². The van der Waals surface area contributed by atoms with Crippen LogP contribution in [0.15, 0.2) is 36.4 Å². The van der Waals surface area contributed by atoms with Crippen molar-refractivity contribution in [1.82, 2.24) is 0 Å². The van der Waals surface area contributed by atoms with Crippen LogP contribution in [0.5, 0.6) is 5.75 Å². The van der Waals surface area contributed by atoms with Gasteiger partial charge in [0.25, 0.3) is 0 Å². The maximum Gasteiger partial charge on any atom is 0.343 e. The molecule has 0 aliphatic carbocycles. The van der Waals surface area contributed by atoms with Crippen molar-refractivity contribution in [2.24, 2.45) is 0 Å². The van der Waals surface area contributed by atoms with Gasteiger partial charge in [-0.2, -0.15) is 0 Å². The van der Waals surface area contributed by atoms with Crippen molar-refractivity contribution >= 4 is 11.7 Å². The highest BCUT2D eigenvalue weighted by molar-refractivity contribution is 5.98. The van der Waals surface area contributed by atoms with E-state index in [1.54, 1.807) is 24.3 Å².